The SMILES string of the molecule is COc1cccc(OC(C(C)=O)(C(=O)O)N2CCN(c3ccncc3)CC2)c1. The number of carbonyl (C=O) groups is 2. The molecule has 1 aromatic heterocycles. The Bertz CT molecular complexity index is 821. The van der Waals surface area contributed by atoms with Crippen LogP contribution in [0, 0.1) is 0 Å². The molecule has 1 saturated heterocycles. The molecule has 1 fully saturated rings. The number of Topliss-reactive ketones (excluding diaryl/α,β-unsaturated/α-hetero) is 1. The van der Waals surface area contributed by atoms with Crippen molar-refractivity contribution in [2.45, 2.75) is 12.6 Å². The number of nitrogens with zero attached hydrogens (tertiary/aromatic N) is 3. The van der Waals surface area contributed by atoms with Crippen LogP contribution in [0.1, 0.15) is 6.92 Å². The third-order valence-electron chi connectivity index (χ3n) is 4.83. The molecule has 148 valence electrons. The zero-order chi connectivity index (χ0) is 20.1. The number of hydrogen-bond donors (Lipinski definition) is 1. The van der Waals surface area contributed by atoms with Gasteiger partial charge in [-0.3, -0.25) is 9.78 Å². The van der Waals surface area contributed by atoms with Crippen molar-refractivity contribution in [2.75, 3.05) is 38.2 Å². The molecule has 1 aromatic carbocycles. The highest BCUT2D eigenvalue weighted by atomic mass is 16.6. The highest BCUT2D eigenvalue weighted by Crippen LogP contribution is 2.28. The van der Waals surface area contributed by atoms with Crippen molar-refractivity contribution >= 4 is 17.4 Å². The molecule has 1 atom stereocenters. The highest BCUT2D eigenvalue weighted by Gasteiger charge is 2.52. The monoisotopic (exact) mass is 385 g/mol. The highest BCUT2D eigenvalue weighted by molar-refractivity contribution is 6.05. The van der Waals surface area contributed by atoms with Crippen LogP contribution in [0.25, 0.3) is 0 Å². The van der Waals surface area contributed by atoms with Gasteiger partial charge in [-0.05, 0) is 24.3 Å². The predicted molar refractivity (Wildman–Crippen MR) is 103 cm³/mol. The van der Waals surface area contributed by atoms with E-state index in [9.17, 15) is 14.7 Å². The number of anilines is 1. The van der Waals surface area contributed by atoms with Crippen LogP contribution in [0.15, 0.2) is 48.8 Å². The van der Waals surface area contributed by atoms with Gasteiger partial charge in [-0.25, -0.2) is 9.69 Å². The number of carboxylic acid groups (broad SMARTS) is 1. The lowest BCUT2D eigenvalue weighted by atomic mass is 10.1. The third-order valence-corrected chi connectivity index (χ3v) is 4.83. The van der Waals surface area contributed by atoms with Crippen molar-refractivity contribution in [1.29, 1.82) is 0 Å². The van der Waals surface area contributed by atoms with Crippen LogP contribution < -0.4 is 14.4 Å². The van der Waals surface area contributed by atoms with Crippen molar-refractivity contribution in [2.24, 2.45) is 0 Å². The summed E-state index contributed by atoms with van der Waals surface area (Å²) >= 11 is 0. The number of carbonyl (C=O) groups excluding carboxylic acids is 1. The van der Waals surface area contributed by atoms with Crippen LogP contribution in [0.4, 0.5) is 5.69 Å². The standard InChI is InChI=1S/C20H23N3O5/c1-15(24)20(19(25)26,28-18-5-3-4-17(14-18)27-2)23-12-10-22(11-13-23)16-6-8-21-9-7-16/h3-9,14H,10-13H2,1-2H3,(H,25,26). The molecule has 1 aliphatic rings. The first kappa shape index (κ1) is 19.6. The summed E-state index contributed by atoms with van der Waals surface area (Å²) in [7, 11) is 1.51. The van der Waals surface area contributed by atoms with Crippen LogP contribution in [0.3, 0.4) is 0 Å². The van der Waals surface area contributed by atoms with Gasteiger partial charge in [0.2, 0.25) is 5.78 Å². The largest absolute Gasteiger partial charge is 0.497 e. The topological polar surface area (TPSA) is 92.2 Å². The number of methoxy groups -OCH3 is 1. The number of carboxylic acids is 1. The van der Waals surface area contributed by atoms with Crippen molar-refractivity contribution in [1.82, 2.24) is 9.88 Å². The number of ketones is 1. The van der Waals surface area contributed by atoms with Gasteiger partial charge in [0.15, 0.2) is 0 Å². The van der Waals surface area contributed by atoms with E-state index < -0.39 is 17.5 Å². The second kappa shape index (κ2) is 8.26. The molecule has 0 radical (unpaired) electrons. The average molecular weight is 385 g/mol. The van der Waals surface area contributed by atoms with E-state index in [-0.39, 0.29) is 5.75 Å². The molecule has 28 heavy (non-hydrogen) atoms. The summed E-state index contributed by atoms with van der Waals surface area (Å²) in [6.07, 6.45) is 3.43. The van der Waals surface area contributed by atoms with Crippen LogP contribution in [-0.4, -0.2) is 65.8 Å². The molecular formula is C20H23N3O5. The van der Waals surface area contributed by atoms with Gasteiger partial charge in [0.25, 0.3) is 0 Å². The summed E-state index contributed by atoms with van der Waals surface area (Å²) in [5, 5.41) is 9.98. The Labute approximate surface area is 163 Å². The summed E-state index contributed by atoms with van der Waals surface area (Å²) in [5.74, 6) is -1.14. The quantitative estimate of drug-likeness (QED) is 0.720. The molecule has 0 spiro atoms. The first-order valence-corrected chi connectivity index (χ1v) is 8.95. The Hall–Kier alpha value is -3.13. The van der Waals surface area contributed by atoms with Gasteiger partial charge in [-0.15, -0.1) is 0 Å². The van der Waals surface area contributed by atoms with E-state index in [1.807, 2.05) is 12.1 Å². The molecule has 0 saturated carbocycles. The summed E-state index contributed by atoms with van der Waals surface area (Å²) in [5.41, 5.74) is -1.08. The number of aliphatic carboxylic acids is 1. The fourth-order valence-electron chi connectivity index (χ4n) is 3.36. The Morgan fingerprint density at radius 1 is 1.07 bits per heavy atom. The molecule has 0 amide bonds. The molecular weight excluding hydrogens is 362 g/mol. The number of rotatable bonds is 7. The second-order valence-corrected chi connectivity index (χ2v) is 6.47. The summed E-state index contributed by atoms with van der Waals surface area (Å²) in [6, 6.07) is 10.4. The van der Waals surface area contributed by atoms with Crippen molar-refractivity contribution < 1.29 is 24.2 Å². The number of aromatic nitrogens is 1. The summed E-state index contributed by atoms with van der Waals surface area (Å²) in [6.45, 7) is 3.08. The van der Waals surface area contributed by atoms with Gasteiger partial charge in [-0.2, -0.15) is 0 Å². The molecule has 1 N–H and O–H groups in total. The maximum Gasteiger partial charge on any atom is 0.372 e. The molecule has 1 unspecified atom stereocenters. The molecule has 3 rings (SSSR count). The zero-order valence-electron chi connectivity index (χ0n) is 15.9. The van der Waals surface area contributed by atoms with E-state index in [2.05, 4.69) is 9.88 Å². The third kappa shape index (κ3) is 3.77. The van der Waals surface area contributed by atoms with E-state index in [0.717, 1.165) is 5.69 Å². The van der Waals surface area contributed by atoms with Crippen LogP contribution in [0.5, 0.6) is 11.5 Å². The maximum atomic E-state index is 12.5. The molecule has 8 heteroatoms. The minimum atomic E-state index is -2.09. The van der Waals surface area contributed by atoms with Crippen molar-refractivity contribution in [3.63, 3.8) is 0 Å². The Balaban J connectivity index is 1.84. The van der Waals surface area contributed by atoms with E-state index in [1.165, 1.54) is 14.0 Å². The number of benzene rings is 1. The number of hydrogen-bond acceptors (Lipinski definition) is 7. The molecule has 2 heterocycles. The van der Waals surface area contributed by atoms with Gasteiger partial charge in [0, 0.05) is 57.3 Å². The fourth-order valence-corrected chi connectivity index (χ4v) is 3.36. The van der Waals surface area contributed by atoms with Gasteiger partial charge in [-0.1, -0.05) is 6.07 Å². The van der Waals surface area contributed by atoms with Gasteiger partial charge >= 0.3 is 11.7 Å². The molecule has 1 aliphatic heterocycles. The maximum absolute atomic E-state index is 12.5. The van der Waals surface area contributed by atoms with Gasteiger partial charge in [0.05, 0.1) is 7.11 Å². The normalized spacial score (nSPS) is 16.9. The Morgan fingerprint density at radius 2 is 1.71 bits per heavy atom. The van der Waals surface area contributed by atoms with E-state index in [4.69, 9.17) is 9.47 Å². The van der Waals surface area contributed by atoms with Crippen LogP contribution >= 0.6 is 0 Å². The minimum absolute atomic E-state index is 0.258. The predicted octanol–water partition coefficient (Wildman–Crippen LogP) is 1.66. The second-order valence-electron chi connectivity index (χ2n) is 6.47. The lowest BCUT2D eigenvalue weighted by Gasteiger charge is -2.43. The molecule has 0 aliphatic carbocycles. The molecule has 8 nitrogen and oxygen atoms in total. The number of pyridine rings is 1. The number of ether oxygens (including phenoxy) is 2. The molecule has 0 bridgehead atoms. The summed E-state index contributed by atoms with van der Waals surface area (Å²) in [4.78, 5) is 32.5. The fraction of sp³-hybridized carbons (Fsp3) is 0.350. The van der Waals surface area contributed by atoms with E-state index >= 15 is 0 Å². The van der Waals surface area contributed by atoms with Gasteiger partial charge in [0.1, 0.15) is 11.5 Å². The first-order valence-electron chi connectivity index (χ1n) is 8.95. The summed E-state index contributed by atoms with van der Waals surface area (Å²) < 4.78 is 11.0. The van der Waals surface area contributed by atoms with Crippen molar-refractivity contribution in [3.05, 3.63) is 48.8 Å². The Morgan fingerprint density at radius 3 is 2.29 bits per heavy atom. The minimum Gasteiger partial charge on any atom is -0.497 e. The lowest BCUT2D eigenvalue weighted by molar-refractivity contribution is -0.181. The first-order chi connectivity index (χ1) is 13.5. The van der Waals surface area contributed by atoms with Crippen molar-refractivity contribution in [3.8, 4) is 11.5 Å². The lowest BCUT2D eigenvalue weighted by Crippen LogP contribution is -2.67. The van der Waals surface area contributed by atoms with E-state index in [1.54, 1.807) is 41.6 Å². The van der Waals surface area contributed by atoms with Crippen LogP contribution in [0.2, 0.25) is 0 Å². The zero-order valence-corrected chi connectivity index (χ0v) is 15.9. The Kier molecular flexibility index (Phi) is 5.79. The van der Waals surface area contributed by atoms with Crippen LogP contribution in [-0.2, 0) is 9.59 Å². The van der Waals surface area contributed by atoms with E-state index in [0.29, 0.717) is 31.9 Å². The smallest absolute Gasteiger partial charge is 0.372 e. The molecule has 2 aromatic rings. The van der Waals surface area contributed by atoms with Gasteiger partial charge < -0.3 is 19.5 Å². The average Bonchev–Trinajstić information content (AvgIpc) is 2.72. The number of piperazine rings is 1.